The van der Waals surface area contributed by atoms with Gasteiger partial charge in [-0.15, -0.1) is 0 Å². The molecule has 0 fully saturated rings. The molecule has 3 aliphatic carbocycles. The molecule has 0 aromatic heterocycles. The fourth-order valence-electron chi connectivity index (χ4n) is 2.31. The maximum absolute atomic E-state index is 2.36. The summed E-state index contributed by atoms with van der Waals surface area (Å²) in [5, 5.41) is 0. The molecule has 0 nitrogen and oxygen atoms in total. The molecule has 3 aliphatic rings. The molecule has 0 spiro atoms. The zero-order valence-electron chi connectivity index (χ0n) is 9.08. The van der Waals surface area contributed by atoms with Gasteiger partial charge in [0.1, 0.15) is 0 Å². The maximum Gasteiger partial charge on any atom is 0.0205 e. The second kappa shape index (κ2) is 3.97. The molecule has 0 radical (unpaired) electrons. The van der Waals surface area contributed by atoms with Crippen molar-refractivity contribution in [2.75, 3.05) is 0 Å². The average molecular weight is 206 g/mol. The minimum atomic E-state index is 0.434. The lowest BCUT2D eigenvalue weighted by molar-refractivity contribution is 0.948. The second-order valence-electron chi connectivity index (χ2n) is 4.25. The van der Waals surface area contributed by atoms with Crippen LogP contribution in [0.1, 0.15) is 5.56 Å². The van der Waals surface area contributed by atoms with Crippen LogP contribution in [0.25, 0.3) is 5.57 Å². The Morgan fingerprint density at radius 2 is 1.56 bits per heavy atom. The molecule has 1 aromatic rings. The lowest BCUT2D eigenvalue weighted by Gasteiger charge is -2.22. The highest BCUT2D eigenvalue weighted by Crippen LogP contribution is 2.33. The molecule has 0 N–H and O–H groups in total. The molecule has 0 heterocycles. The first kappa shape index (κ1) is 9.41. The number of hydrogen-bond acceptors (Lipinski definition) is 0. The van der Waals surface area contributed by atoms with Gasteiger partial charge in [-0.25, -0.2) is 0 Å². The van der Waals surface area contributed by atoms with Gasteiger partial charge in [0, 0.05) is 11.8 Å². The van der Waals surface area contributed by atoms with Crippen molar-refractivity contribution in [2.45, 2.75) is 0 Å². The molecule has 0 heteroatoms. The number of fused-ring (bicyclic) bond motifs is 1. The van der Waals surface area contributed by atoms with E-state index in [0.717, 1.165) is 0 Å². The Hall–Kier alpha value is -1.82. The van der Waals surface area contributed by atoms with Gasteiger partial charge in [0.15, 0.2) is 0 Å². The van der Waals surface area contributed by atoms with E-state index in [-0.39, 0.29) is 0 Å². The lowest BCUT2D eigenvalue weighted by Crippen LogP contribution is -2.06. The number of allylic oxidation sites excluding steroid dienone is 8. The maximum atomic E-state index is 2.36. The van der Waals surface area contributed by atoms with Crippen molar-refractivity contribution in [1.82, 2.24) is 0 Å². The summed E-state index contributed by atoms with van der Waals surface area (Å²) < 4.78 is 0. The molecule has 0 aliphatic heterocycles. The fourth-order valence-corrected chi connectivity index (χ4v) is 2.31. The predicted molar refractivity (Wildman–Crippen MR) is 68.8 cm³/mol. The van der Waals surface area contributed by atoms with E-state index in [0.29, 0.717) is 11.8 Å². The monoisotopic (exact) mass is 206 g/mol. The molecule has 0 amide bonds. The Morgan fingerprint density at radius 1 is 0.750 bits per heavy atom. The van der Waals surface area contributed by atoms with Crippen LogP contribution in [-0.4, -0.2) is 0 Å². The highest BCUT2D eigenvalue weighted by molar-refractivity contribution is 5.72. The Morgan fingerprint density at radius 3 is 2.44 bits per heavy atom. The Kier molecular flexibility index (Phi) is 2.34. The summed E-state index contributed by atoms with van der Waals surface area (Å²) in [4.78, 5) is 0. The SMILES string of the molecule is C1=C[C@H]2C=C[C@@H](/C=C\1)C(c1ccccc1)=C2. The quantitative estimate of drug-likeness (QED) is 0.609. The third kappa shape index (κ3) is 1.67. The number of hydrogen-bond donors (Lipinski definition) is 0. The van der Waals surface area contributed by atoms with Crippen LogP contribution in [0.4, 0.5) is 0 Å². The standard InChI is InChI=1S/C16H14/c1-2-7-14(8-3-1)16-12-13-6-4-5-9-15(16)11-10-13/h1-13,15H/b6-4?,9-5-/t13-,15+/m0/s1. The summed E-state index contributed by atoms with van der Waals surface area (Å²) in [6.07, 6.45) is 15.7. The highest BCUT2D eigenvalue weighted by atomic mass is 14.2. The average Bonchev–Trinajstić information content (AvgIpc) is 2.30. The Labute approximate surface area is 96.3 Å². The van der Waals surface area contributed by atoms with E-state index < -0.39 is 0 Å². The van der Waals surface area contributed by atoms with Crippen LogP contribution in [0.2, 0.25) is 0 Å². The molecule has 1 aromatic carbocycles. The zero-order valence-corrected chi connectivity index (χ0v) is 9.08. The summed E-state index contributed by atoms with van der Waals surface area (Å²) in [6, 6.07) is 10.6. The summed E-state index contributed by atoms with van der Waals surface area (Å²) in [7, 11) is 0. The van der Waals surface area contributed by atoms with Gasteiger partial charge in [0.25, 0.3) is 0 Å². The van der Waals surface area contributed by atoms with E-state index in [4.69, 9.17) is 0 Å². The number of benzene rings is 1. The van der Waals surface area contributed by atoms with Crippen molar-refractivity contribution in [2.24, 2.45) is 11.8 Å². The van der Waals surface area contributed by atoms with E-state index in [1.807, 2.05) is 0 Å². The van der Waals surface area contributed by atoms with Crippen molar-refractivity contribution in [3.8, 4) is 0 Å². The Bertz CT molecular complexity index is 486. The largest absolute Gasteiger partial charge is 0.0769 e. The van der Waals surface area contributed by atoms with Crippen LogP contribution in [0.5, 0.6) is 0 Å². The van der Waals surface area contributed by atoms with Gasteiger partial charge in [0.2, 0.25) is 0 Å². The lowest BCUT2D eigenvalue weighted by atomic mass is 9.83. The van der Waals surface area contributed by atoms with Crippen LogP contribution in [0, 0.1) is 11.8 Å². The molecular weight excluding hydrogens is 192 g/mol. The van der Waals surface area contributed by atoms with Crippen molar-refractivity contribution in [3.63, 3.8) is 0 Å². The normalized spacial score (nSPS) is 28.4. The summed E-state index contributed by atoms with van der Waals surface area (Å²) in [5.41, 5.74) is 2.76. The van der Waals surface area contributed by atoms with Gasteiger partial charge in [-0.3, -0.25) is 0 Å². The van der Waals surface area contributed by atoms with Crippen LogP contribution >= 0.6 is 0 Å². The minimum Gasteiger partial charge on any atom is -0.0769 e. The Balaban J connectivity index is 2.07. The van der Waals surface area contributed by atoms with Crippen molar-refractivity contribution >= 4 is 5.57 Å². The van der Waals surface area contributed by atoms with E-state index >= 15 is 0 Å². The molecule has 0 saturated carbocycles. The van der Waals surface area contributed by atoms with Gasteiger partial charge in [0.05, 0.1) is 0 Å². The van der Waals surface area contributed by atoms with E-state index in [9.17, 15) is 0 Å². The van der Waals surface area contributed by atoms with Crippen molar-refractivity contribution in [1.29, 1.82) is 0 Å². The van der Waals surface area contributed by atoms with Crippen LogP contribution < -0.4 is 0 Å². The molecule has 0 unspecified atom stereocenters. The molecule has 4 rings (SSSR count). The molecular formula is C16H14. The smallest absolute Gasteiger partial charge is 0.0205 e. The molecule has 2 atom stereocenters. The van der Waals surface area contributed by atoms with Crippen LogP contribution in [0.3, 0.4) is 0 Å². The first-order valence-corrected chi connectivity index (χ1v) is 5.74. The third-order valence-electron chi connectivity index (χ3n) is 3.14. The molecule has 0 saturated heterocycles. The molecule has 2 bridgehead atoms. The van der Waals surface area contributed by atoms with Gasteiger partial charge in [-0.05, 0) is 11.1 Å². The molecule has 16 heavy (non-hydrogen) atoms. The number of rotatable bonds is 1. The first-order valence-electron chi connectivity index (χ1n) is 5.74. The second-order valence-corrected chi connectivity index (χ2v) is 4.25. The van der Waals surface area contributed by atoms with Crippen molar-refractivity contribution < 1.29 is 0 Å². The minimum absolute atomic E-state index is 0.434. The fraction of sp³-hybridized carbons (Fsp3) is 0.125. The van der Waals surface area contributed by atoms with E-state index in [1.165, 1.54) is 11.1 Å². The van der Waals surface area contributed by atoms with Gasteiger partial charge < -0.3 is 0 Å². The first-order chi connectivity index (χ1) is 7.93. The highest BCUT2D eigenvalue weighted by Gasteiger charge is 2.16. The topological polar surface area (TPSA) is 0 Å². The van der Waals surface area contributed by atoms with E-state index in [1.54, 1.807) is 0 Å². The van der Waals surface area contributed by atoms with Gasteiger partial charge in [-0.2, -0.15) is 0 Å². The van der Waals surface area contributed by atoms with Crippen molar-refractivity contribution in [3.05, 3.63) is 78.4 Å². The predicted octanol–water partition coefficient (Wildman–Crippen LogP) is 4.00. The van der Waals surface area contributed by atoms with Crippen LogP contribution in [-0.2, 0) is 0 Å². The summed E-state index contributed by atoms with van der Waals surface area (Å²) in [6.45, 7) is 0. The van der Waals surface area contributed by atoms with Gasteiger partial charge in [-0.1, -0.05) is 72.9 Å². The zero-order chi connectivity index (χ0) is 10.8. The van der Waals surface area contributed by atoms with Crippen LogP contribution in [0.15, 0.2) is 72.9 Å². The summed E-state index contributed by atoms with van der Waals surface area (Å²) >= 11 is 0. The summed E-state index contributed by atoms with van der Waals surface area (Å²) in [5.74, 6) is 0.889. The van der Waals surface area contributed by atoms with E-state index in [2.05, 4.69) is 72.9 Å². The van der Waals surface area contributed by atoms with Gasteiger partial charge >= 0.3 is 0 Å². The molecule has 78 valence electrons. The third-order valence-corrected chi connectivity index (χ3v) is 3.14.